The van der Waals surface area contributed by atoms with Crippen molar-refractivity contribution in [2.75, 3.05) is 18.4 Å². The Balaban J connectivity index is 1.64. The average molecular weight is 685 g/mol. The lowest BCUT2D eigenvalue weighted by Gasteiger charge is -2.23. The van der Waals surface area contributed by atoms with Crippen molar-refractivity contribution in [2.24, 2.45) is 10.2 Å². The summed E-state index contributed by atoms with van der Waals surface area (Å²) in [5, 5.41) is 21.4. The van der Waals surface area contributed by atoms with Gasteiger partial charge in [-0.05, 0) is 53.7 Å². The first-order chi connectivity index (χ1) is 22.3. The molecule has 19 heteroatoms. The fourth-order valence-corrected chi connectivity index (χ4v) is 3.59. The van der Waals surface area contributed by atoms with Crippen LogP contribution in [0, 0.1) is 29.1 Å². The number of ether oxygens (including phenoxy) is 3. The Hall–Kier alpha value is -5.36. The van der Waals surface area contributed by atoms with Gasteiger partial charge in [-0.2, -0.15) is 0 Å². The number of hydrogen-bond acceptors (Lipinski definition) is 9. The number of halogens is 5. The number of urea groups is 1. The molecule has 0 aliphatic rings. The standard InChI is InChI=1S/C29H33F5N8O6/c1-28(2,3)47-26(44)35-11-17(12-36-27(45)48-29(4,5)6)42-13-16(38-41-42)14-46-18-9-7-8-15(10-18)37-25(43)40-39-24-22(33)20(31)19(30)21(32)23(24)34/h7-10,13,17H,11-12,14H2,1-6H3,(H,35,44)(H,36,45)(H,37,43). The van der Waals surface area contributed by atoms with E-state index in [1.54, 1.807) is 41.5 Å². The third kappa shape index (κ3) is 11.2. The van der Waals surface area contributed by atoms with Gasteiger partial charge in [0.2, 0.25) is 5.82 Å². The van der Waals surface area contributed by atoms with Crippen molar-refractivity contribution in [1.29, 1.82) is 0 Å². The summed E-state index contributed by atoms with van der Waals surface area (Å²) in [5.74, 6) is -11.1. The molecule has 14 nitrogen and oxygen atoms in total. The molecule has 3 rings (SSSR count). The lowest BCUT2D eigenvalue weighted by atomic mass is 10.2. The molecule has 0 unspecified atom stereocenters. The van der Waals surface area contributed by atoms with Gasteiger partial charge < -0.3 is 30.2 Å². The lowest BCUT2D eigenvalue weighted by Crippen LogP contribution is -2.41. The Kier molecular flexibility index (Phi) is 12.0. The van der Waals surface area contributed by atoms with Crippen LogP contribution >= 0.6 is 0 Å². The molecule has 0 radical (unpaired) electrons. The van der Waals surface area contributed by atoms with Crippen LogP contribution in [0.3, 0.4) is 0 Å². The molecule has 2 aromatic carbocycles. The maximum Gasteiger partial charge on any atom is 0.407 e. The number of alkyl carbamates (subject to hydrolysis) is 2. The molecule has 3 N–H and O–H groups in total. The fraction of sp³-hybridized carbons (Fsp3) is 0.414. The Bertz CT molecular complexity index is 1610. The molecule has 0 saturated heterocycles. The number of benzene rings is 2. The summed E-state index contributed by atoms with van der Waals surface area (Å²) in [4.78, 5) is 36.6. The number of nitrogens with one attached hydrogen (secondary N) is 3. The lowest BCUT2D eigenvalue weighted by molar-refractivity contribution is 0.0508. The molecule has 4 amide bonds. The minimum absolute atomic E-state index is 0.00221. The van der Waals surface area contributed by atoms with Crippen LogP contribution in [-0.2, 0) is 16.1 Å². The second-order valence-electron chi connectivity index (χ2n) is 12.0. The normalized spacial score (nSPS) is 11.8. The molecule has 1 aromatic heterocycles. The van der Waals surface area contributed by atoms with Crippen LogP contribution in [0.25, 0.3) is 0 Å². The van der Waals surface area contributed by atoms with E-state index in [1.165, 1.54) is 35.1 Å². The Morgan fingerprint density at radius 3 is 1.94 bits per heavy atom. The molecule has 0 bridgehead atoms. The maximum atomic E-state index is 13.8. The molecule has 0 aliphatic heterocycles. The third-order valence-corrected chi connectivity index (χ3v) is 5.59. The first kappa shape index (κ1) is 37.1. The first-order valence-electron chi connectivity index (χ1n) is 14.1. The first-order valence-corrected chi connectivity index (χ1v) is 14.1. The molecular weight excluding hydrogens is 651 g/mol. The summed E-state index contributed by atoms with van der Waals surface area (Å²) in [6, 6.07) is 3.83. The van der Waals surface area contributed by atoms with Gasteiger partial charge >= 0.3 is 18.2 Å². The van der Waals surface area contributed by atoms with Gasteiger partial charge in [-0.25, -0.2) is 41.0 Å². The Morgan fingerprint density at radius 2 is 1.40 bits per heavy atom. The molecule has 0 fully saturated rings. The zero-order valence-electron chi connectivity index (χ0n) is 26.7. The highest BCUT2D eigenvalue weighted by Crippen LogP contribution is 2.29. The van der Waals surface area contributed by atoms with Gasteiger partial charge in [-0.3, -0.25) is 0 Å². The van der Waals surface area contributed by atoms with Gasteiger partial charge in [0, 0.05) is 24.8 Å². The molecular formula is C29H33F5N8O6. The van der Waals surface area contributed by atoms with E-state index < -0.39 is 70.2 Å². The van der Waals surface area contributed by atoms with Crippen molar-refractivity contribution in [3.05, 3.63) is 65.2 Å². The highest BCUT2D eigenvalue weighted by Gasteiger charge is 2.26. The minimum Gasteiger partial charge on any atom is -0.487 e. The quantitative estimate of drug-likeness (QED) is 0.0946. The van der Waals surface area contributed by atoms with Crippen LogP contribution in [-0.4, -0.2) is 57.5 Å². The summed E-state index contributed by atoms with van der Waals surface area (Å²) >= 11 is 0. The van der Waals surface area contributed by atoms with Crippen LogP contribution in [0.1, 0.15) is 53.3 Å². The molecule has 48 heavy (non-hydrogen) atoms. The van der Waals surface area contributed by atoms with Crippen molar-refractivity contribution >= 4 is 29.6 Å². The molecule has 0 saturated carbocycles. The van der Waals surface area contributed by atoms with E-state index in [1.807, 2.05) is 0 Å². The topological polar surface area (TPSA) is 170 Å². The largest absolute Gasteiger partial charge is 0.487 e. The summed E-state index contributed by atoms with van der Waals surface area (Å²) in [6.07, 6.45) is 0.155. The van der Waals surface area contributed by atoms with Crippen LogP contribution in [0.2, 0.25) is 0 Å². The number of rotatable bonds is 10. The van der Waals surface area contributed by atoms with Gasteiger partial charge in [0.25, 0.3) is 0 Å². The Labute approximate surface area is 271 Å². The van der Waals surface area contributed by atoms with Gasteiger partial charge in [-0.1, -0.05) is 16.4 Å². The smallest absolute Gasteiger partial charge is 0.407 e. The summed E-state index contributed by atoms with van der Waals surface area (Å²) in [5.41, 5.74) is -2.68. The van der Waals surface area contributed by atoms with Crippen LogP contribution in [0.4, 0.5) is 47.7 Å². The second-order valence-corrected chi connectivity index (χ2v) is 12.0. The predicted octanol–water partition coefficient (Wildman–Crippen LogP) is 6.46. The highest BCUT2D eigenvalue weighted by molar-refractivity contribution is 5.89. The fourth-order valence-electron chi connectivity index (χ4n) is 3.59. The third-order valence-electron chi connectivity index (χ3n) is 5.59. The van der Waals surface area contributed by atoms with Gasteiger partial charge in [0.05, 0.1) is 12.2 Å². The average Bonchev–Trinajstić information content (AvgIpc) is 3.45. The van der Waals surface area contributed by atoms with Crippen molar-refractivity contribution < 1.29 is 50.5 Å². The van der Waals surface area contributed by atoms with Crippen molar-refractivity contribution in [1.82, 2.24) is 25.6 Å². The van der Waals surface area contributed by atoms with Crippen molar-refractivity contribution in [3.63, 3.8) is 0 Å². The summed E-state index contributed by atoms with van der Waals surface area (Å²) in [6.45, 7) is 10.1. The zero-order chi connectivity index (χ0) is 35.8. The van der Waals surface area contributed by atoms with Gasteiger partial charge in [0.15, 0.2) is 29.0 Å². The second kappa shape index (κ2) is 15.5. The van der Waals surface area contributed by atoms with Gasteiger partial charge in [-0.15, -0.1) is 10.2 Å². The zero-order valence-corrected chi connectivity index (χ0v) is 26.7. The highest BCUT2D eigenvalue weighted by atomic mass is 19.2. The number of amides is 4. The number of azo groups is 1. The number of hydrogen-bond donors (Lipinski definition) is 3. The van der Waals surface area contributed by atoms with Crippen molar-refractivity contribution in [2.45, 2.75) is 65.4 Å². The Morgan fingerprint density at radius 1 is 0.854 bits per heavy atom. The molecule has 0 spiro atoms. The molecule has 260 valence electrons. The van der Waals surface area contributed by atoms with E-state index in [2.05, 4.69) is 36.5 Å². The number of nitrogens with zero attached hydrogens (tertiary/aromatic N) is 5. The number of anilines is 1. The minimum atomic E-state index is -2.38. The molecule has 1 heterocycles. The van der Waals surface area contributed by atoms with Crippen LogP contribution in [0.15, 0.2) is 40.7 Å². The maximum absolute atomic E-state index is 13.8. The monoisotopic (exact) mass is 684 g/mol. The summed E-state index contributed by atoms with van der Waals surface area (Å²) in [7, 11) is 0. The van der Waals surface area contributed by atoms with Crippen LogP contribution < -0.4 is 20.7 Å². The van der Waals surface area contributed by atoms with E-state index in [0.29, 0.717) is 5.69 Å². The van der Waals surface area contributed by atoms with Gasteiger partial charge in [0.1, 0.15) is 29.3 Å². The molecule has 0 aliphatic carbocycles. The molecule has 0 atom stereocenters. The predicted molar refractivity (Wildman–Crippen MR) is 158 cm³/mol. The van der Waals surface area contributed by atoms with E-state index in [4.69, 9.17) is 14.2 Å². The van der Waals surface area contributed by atoms with E-state index in [-0.39, 0.29) is 31.1 Å². The number of carbonyl (C=O) groups excluding carboxylic acids is 3. The van der Waals surface area contributed by atoms with E-state index in [0.717, 1.165) is 0 Å². The van der Waals surface area contributed by atoms with Crippen LogP contribution in [0.5, 0.6) is 5.75 Å². The molecule has 3 aromatic rings. The van der Waals surface area contributed by atoms with Crippen molar-refractivity contribution in [3.8, 4) is 5.75 Å². The van der Waals surface area contributed by atoms with E-state index >= 15 is 0 Å². The number of aromatic nitrogens is 3. The number of carbonyl (C=O) groups is 3. The summed E-state index contributed by atoms with van der Waals surface area (Å²) < 4.78 is 85.1. The van der Waals surface area contributed by atoms with E-state index in [9.17, 15) is 36.3 Å². The SMILES string of the molecule is CC(C)(C)OC(=O)NCC(CNC(=O)OC(C)(C)C)n1cc(COc2cccc(NC(=O)N=Nc3c(F)c(F)c(F)c(F)c3F)c2)nn1.